The first-order valence-electron chi connectivity index (χ1n) is 9.57. The van der Waals surface area contributed by atoms with Gasteiger partial charge in [0.25, 0.3) is 5.69 Å². The molecule has 3 aromatic rings. The number of nitrogens with zero attached hydrogens (tertiary/aromatic N) is 3. The minimum atomic E-state index is -0.420. The summed E-state index contributed by atoms with van der Waals surface area (Å²) in [6, 6.07) is 16.1. The molecule has 0 saturated carbocycles. The number of piperazine rings is 1. The second-order valence-electron chi connectivity index (χ2n) is 7.18. The number of hydrogen-bond donors (Lipinski definition) is 0. The Balaban J connectivity index is 1.41. The summed E-state index contributed by atoms with van der Waals surface area (Å²) in [5.41, 5.74) is 3.01. The summed E-state index contributed by atoms with van der Waals surface area (Å²) in [7, 11) is 0. The number of aryl methyl sites for hydroxylation is 1. The third-order valence-electron chi connectivity index (χ3n) is 5.27. The van der Waals surface area contributed by atoms with Crippen LogP contribution in [0.3, 0.4) is 0 Å². The van der Waals surface area contributed by atoms with E-state index in [1.165, 1.54) is 12.1 Å². The van der Waals surface area contributed by atoms with E-state index < -0.39 is 4.92 Å². The molecule has 1 aliphatic heterocycles. The van der Waals surface area contributed by atoms with Gasteiger partial charge in [0.15, 0.2) is 5.76 Å². The van der Waals surface area contributed by atoms with Gasteiger partial charge in [-0.2, -0.15) is 0 Å². The van der Waals surface area contributed by atoms with Crippen molar-refractivity contribution in [2.24, 2.45) is 0 Å². The van der Waals surface area contributed by atoms with Crippen molar-refractivity contribution in [3.05, 3.63) is 81.1 Å². The molecule has 0 spiro atoms. The zero-order valence-corrected chi connectivity index (χ0v) is 17.9. The molecule has 0 aliphatic carbocycles. The Morgan fingerprint density at radius 1 is 1.07 bits per heavy atom. The van der Waals surface area contributed by atoms with Crippen molar-refractivity contribution in [1.29, 1.82) is 0 Å². The minimum Gasteiger partial charge on any atom is -0.454 e. The van der Waals surface area contributed by atoms with Crippen molar-refractivity contribution in [3.63, 3.8) is 0 Å². The van der Waals surface area contributed by atoms with Crippen LogP contribution in [0.25, 0.3) is 11.3 Å². The number of benzene rings is 2. The van der Waals surface area contributed by atoms with Gasteiger partial charge < -0.3 is 14.2 Å². The molecule has 6 nitrogen and oxygen atoms in total. The van der Waals surface area contributed by atoms with Crippen LogP contribution in [-0.2, 0) is 0 Å². The van der Waals surface area contributed by atoms with E-state index in [1.807, 2.05) is 31.2 Å². The molecule has 0 amide bonds. The third kappa shape index (κ3) is 4.17. The van der Waals surface area contributed by atoms with Gasteiger partial charge in [0.2, 0.25) is 0 Å². The first kappa shape index (κ1) is 20.4. The minimum absolute atomic E-state index is 0.0498. The lowest BCUT2D eigenvalue weighted by Gasteiger charge is -2.37. The van der Waals surface area contributed by atoms with Crippen molar-refractivity contribution in [2.45, 2.75) is 6.92 Å². The van der Waals surface area contributed by atoms with E-state index in [1.54, 1.807) is 12.1 Å². The topological polar surface area (TPSA) is 62.8 Å². The number of nitro benzene ring substituents is 1. The highest BCUT2D eigenvalue weighted by Gasteiger charge is 2.22. The van der Waals surface area contributed by atoms with Gasteiger partial charge in [0, 0.05) is 54.6 Å². The maximum absolute atomic E-state index is 10.8. The molecule has 0 unspecified atom stereocenters. The molecule has 1 fully saturated rings. The maximum Gasteiger partial charge on any atom is 0.269 e. The molecule has 1 aromatic heterocycles. The summed E-state index contributed by atoms with van der Waals surface area (Å²) in [6.07, 6.45) is 0. The Kier molecular flexibility index (Phi) is 5.74. The lowest BCUT2D eigenvalue weighted by molar-refractivity contribution is -0.384. The van der Waals surface area contributed by atoms with E-state index in [2.05, 4.69) is 15.9 Å². The molecule has 8 heteroatoms. The molecule has 1 aliphatic rings. The molecule has 2 aromatic carbocycles. The van der Waals surface area contributed by atoms with Gasteiger partial charge in [-0.3, -0.25) is 10.1 Å². The van der Waals surface area contributed by atoms with Crippen LogP contribution in [-0.4, -0.2) is 41.0 Å². The quantitative estimate of drug-likeness (QED) is 0.310. The van der Waals surface area contributed by atoms with Gasteiger partial charge in [-0.25, -0.2) is 0 Å². The van der Waals surface area contributed by atoms with Crippen LogP contribution >= 0.6 is 23.8 Å². The van der Waals surface area contributed by atoms with E-state index in [-0.39, 0.29) is 5.69 Å². The summed E-state index contributed by atoms with van der Waals surface area (Å²) in [5.74, 6) is 1.26. The number of halogens is 1. The van der Waals surface area contributed by atoms with Crippen molar-refractivity contribution < 1.29 is 9.34 Å². The van der Waals surface area contributed by atoms with Crippen LogP contribution in [0.15, 0.2) is 59.0 Å². The zero-order valence-electron chi connectivity index (χ0n) is 16.4. The molecule has 0 bridgehead atoms. The van der Waals surface area contributed by atoms with Gasteiger partial charge in [-0.1, -0.05) is 29.9 Å². The van der Waals surface area contributed by atoms with Crippen LogP contribution in [0.1, 0.15) is 11.3 Å². The fourth-order valence-electron chi connectivity index (χ4n) is 3.46. The van der Waals surface area contributed by atoms with Gasteiger partial charge in [0.05, 0.1) is 4.92 Å². The normalized spacial score (nSPS) is 14.1. The number of thiocarbonyl (C=S) groups is 1. The van der Waals surface area contributed by atoms with Gasteiger partial charge in [-0.05, 0) is 48.9 Å². The number of nitro groups is 1. The van der Waals surface area contributed by atoms with E-state index >= 15 is 0 Å². The van der Waals surface area contributed by atoms with E-state index in [4.69, 9.17) is 28.2 Å². The van der Waals surface area contributed by atoms with Crippen molar-refractivity contribution in [3.8, 4) is 11.3 Å². The largest absolute Gasteiger partial charge is 0.454 e. The smallest absolute Gasteiger partial charge is 0.269 e. The molecule has 1 saturated heterocycles. The van der Waals surface area contributed by atoms with Gasteiger partial charge in [-0.15, -0.1) is 0 Å². The zero-order chi connectivity index (χ0) is 21.3. The number of rotatable bonds is 4. The summed E-state index contributed by atoms with van der Waals surface area (Å²) < 4.78 is 5.94. The molecule has 0 atom stereocenters. The average molecular weight is 442 g/mol. The van der Waals surface area contributed by atoms with E-state index in [9.17, 15) is 10.1 Å². The molecular weight excluding hydrogens is 422 g/mol. The summed E-state index contributed by atoms with van der Waals surface area (Å²) in [4.78, 5) is 15.5. The fourth-order valence-corrected chi connectivity index (χ4v) is 3.92. The van der Waals surface area contributed by atoms with Crippen molar-refractivity contribution >= 4 is 40.2 Å². The molecular formula is C22H20ClN3O3S. The second-order valence-corrected chi connectivity index (χ2v) is 7.97. The predicted molar refractivity (Wildman–Crippen MR) is 122 cm³/mol. The standard InChI is InChI=1S/C22H20ClN3O3S/c1-15-2-5-18(14-19(15)23)24-10-12-25(13-11-24)22(30)21-9-8-20(29-21)16-3-6-17(7-4-16)26(27)28/h2-9,14H,10-13H2,1H3. The first-order chi connectivity index (χ1) is 14.4. The summed E-state index contributed by atoms with van der Waals surface area (Å²) in [5, 5.41) is 11.6. The summed E-state index contributed by atoms with van der Waals surface area (Å²) >= 11 is 11.9. The third-order valence-corrected chi connectivity index (χ3v) is 6.13. The van der Waals surface area contributed by atoms with E-state index in [0.29, 0.717) is 16.5 Å². The Morgan fingerprint density at radius 3 is 2.40 bits per heavy atom. The van der Waals surface area contributed by atoms with Crippen LogP contribution < -0.4 is 4.90 Å². The molecule has 0 radical (unpaired) electrons. The van der Waals surface area contributed by atoms with Crippen LogP contribution in [0, 0.1) is 17.0 Å². The van der Waals surface area contributed by atoms with Gasteiger partial charge >= 0.3 is 0 Å². The number of furan rings is 1. The van der Waals surface area contributed by atoms with Crippen molar-refractivity contribution in [1.82, 2.24) is 4.90 Å². The van der Waals surface area contributed by atoms with Crippen LogP contribution in [0.4, 0.5) is 11.4 Å². The Bertz CT molecular complexity index is 1090. The lowest BCUT2D eigenvalue weighted by atomic mass is 10.1. The number of anilines is 1. The summed E-state index contributed by atoms with van der Waals surface area (Å²) in [6.45, 7) is 5.26. The average Bonchev–Trinajstić information content (AvgIpc) is 3.25. The van der Waals surface area contributed by atoms with Crippen LogP contribution in [0.2, 0.25) is 5.02 Å². The fraction of sp³-hybridized carbons (Fsp3) is 0.227. The monoisotopic (exact) mass is 441 g/mol. The second kappa shape index (κ2) is 8.45. The predicted octanol–water partition coefficient (Wildman–Crippen LogP) is 5.31. The molecule has 154 valence electrons. The SMILES string of the molecule is Cc1ccc(N2CCN(C(=S)c3ccc(-c4ccc([N+](=O)[O-])cc4)o3)CC2)cc1Cl. The molecule has 30 heavy (non-hydrogen) atoms. The van der Waals surface area contributed by atoms with E-state index in [0.717, 1.165) is 48.0 Å². The highest BCUT2D eigenvalue weighted by molar-refractivity contribution is 7.80. The molecule has 0 N–H and O–H groups in total. The highest BCUT2D eigenvalue weighted by atomic mass is 35.5. The maximum atomic E-state index is 10.8. The van der Waals surface area contributed by atoms with Crippen molar-refractivity contribution in [2.75, 3.05) is 31.1 Å². The van der Waals surface area contributed by atoms with Gasteiger partial charge in [0.1, 0.15) is 10.7 Å². The molecule has 4 rings (SSSR count). The number of non-ortho nitro benzene ring substituents is 1. The Labute approximate surface area is 184 Å². The Morgan fingerprint density at radius 2 is 1.77 bits per heavy atom. The lowest BCUT2D eigenvalue weighted by Crippen LogP contribution is -2.48. The highest BCUT2D eigenvalue weighted by Crippen LogP contribution is 2.27. The first-order valence-corrected chi connectivity index (χ1v) is 10.4. The molecule has 2 heterocycles. The Hall–Kier alpha value is -2.90. The van der Waals surface area contributed by atoms with Crippen LogP contribution in [0.5, 0.6) is 0 Å². The number of hydrogen-bond acceptors (Lipinski definition) is 5.